The molecule has 2 rings (SSSR count). The van der Waals surface area contributed by atoms with E-state index in [1.165, 1.54) is 0 Å². The predicted molar refractivity (Wildman–Crippen MR) is 96.7 cm³/mol. The third-order valence-electron chi connectivity index (χ3n) is 3.68. The van der Waals surface area contributed by atoms with E-state index in [1.54, 1.807) is 0 Å². The number of rotatable bonds is 6. The minimum atomic E-state index is -0.0173. The molecule has 0 radical (unpaired) electrons. The van der Waals surface area contributed by atoms with Crippen molar-refractivity contribution >= 4 is 21.8 Å². The zero-order valence-corrected chi connectivity index (χ0v) is 15.3. The number of nitrogens with one attached hydrogen (secondary N) is 1. The van der Waals surface area contributed by atoms with Gasteiger partial charge in [0.2, 0.25) is 5.91 Å². The van der Waals surface area contributed by atoms with Crippen molar-refractivity contribution in [2.45, 2.75) is 33.2 Å². The van der Waals surface area contributed by atoms with Gasteiger partial charge in [-0.2, -0.15) is 0 Å². The number of amides is 1. The van der Waals surface area contributed by atoms with Crippen LogP contribution in [-0.2, 0) is 4.79 Å². The average molecular weight is 376 g/mol. The van der Waals surface area contributed by atoms with Gasteiger partial charge in [-0.25, -0.2) is 0 Å². The fourth-order valence-corrected chi connectivity index (χ4v) is 2.53. The molecule has 1 amide bonds. The lowest BCUT2D eigenvalue weighted by Crippen LogP contribution is -2.27. The molecule has 0 spiro atoms. The Kier molecular flexibility index (Phi) is 6.22. The largest absolute Gasteiger partial charge is 0.493 e. The number of hydrogen-bond donors (Lipinski definition) is 1. The Bertz CT molecular complexity index is 668. The van der Waals surface area contributed by atoms with Gasteiger partial charge in [0.15, 0.2) is 0 Å². The van der Waals surface area contributed by atoms with E-state index in [0.717, 1.165) is 26.9 Å². The molecule has 0 saturated heterocycles. The maximum absolute atomic E-state index is 12.0. The van der Waals surface area contributed by atoms with Crippen molar-refractivity contribution < 1.29 is 9.53 Å². The molecule has 0 saturated carbocycles. The van der Waals surface area contributed by atoms with Crippen LogP contribution in [0.5, 0.6) is 5.75 Å². The van der Waals surface area contributed by atoms with Crippen molar-refractivity contribution in [2.24, 2.45) is 0 Å². The average Bonchev–Trinajstić information content (AvgIpc) is 2.51. The molecule has 1 N–H and O–H groups in total. The van der Waals surface area contributed by atoms with Crippen molar-refractivity contribution in [3.8, 4) is 5.75 Å². The second-order valence-corrected chi connectivity index (χ2v) is 6.62. The molecule has 2 aromatic rings. The van der Waals surface area contributed by atoms with E-state index >= 15 is 0 Å². The van der Waals surface area contributed by atoms with E-state index < -0.39 is 0 Å². The fraction of sp³-hybridized carbons (Fsp3) is 0.316. The van der Waals surface area contributed by atoms with Crippen molar-refractivity contribution in [3.05, 3.63) is 63.6 Å². The van der Waals surface area contributed by atoms with Crippen LogP contribution in [0, 0.1) is 13.8 Å². The Labute approximate surface area is 146 Å². The summed E-state index contributed by atoms with van der Waals surface area (Å²) in [6, 6.07) is 14.0. The minimum absolute atomic E-state index is 0.00859. The third kappa shape index (κ3) is 5.39. The topological polar surface area (TPSA) is 38.3 Å². The standard InChI is InChI=1S/C19H22BrNO2/c1-13-4-5-14(2)18(12-13)23-11-10-19(22)21-15(3)16-6-8-17(20)9-7-16/h4-9,12,15H,10-11H2,1-3H3,(H,21,22)/t15-/m0/s1. The lowest BCUT2D eigenvalue weighted by Gasteiger charge is -2.15. The van der Waals surface area contributed by atoms with Gasteiger partial charge in [-0.05, 0) is 55.7 Å². The molecule has 0 fully saturated rings. The molecule has 2 aromatic carbocycles. The summed E-state index contributed by atoms with van der Waals surface area (Å²) < 4.78 is 6.75. The Morgan fingerprint density at radius 2 is 1.87 bits per heavy atom. The van der Waals surface area contributed by atoms with Crippen LogP contribution in [0.25, 0.3) is 0 Å². The first-order valence-corrected chi connectivity index (χ1v) is 8.50. The van der Waals surface area contributed by atoms with Gasteiger partial charge in [0, 0.05) is 4.47 Å². The zero-order chi connectivity index (χ0) is 16.8. The molecule has 0 aromatic heterocycles. The van der Waals surface area contributed by atoms with Gasteiger partial charge >= 0.3 is 0 Å². The van der Waals surface area contributed by atoms with Gasteiger partial charge in [0.05, 0.1) is 19.1 Å². The van der Waals surface area contributed by atoms with Gasteiger partial charge in [-0.3, -0.25) is 4.79 Å². The fourth-order valence-electron chi connectivity index (χ4n) is 2.26. The van der Waals surface area contributed by atoms with Gasteiger partial charge < -0.3 is 10.1 Å². The van der Waals surface area contributed by atoms with Gasteiger partial charge in [-0.1, -0.05) is 40.2 Å². The van der Waals surface area contributed by atoms with E-state index in [4.69, 9.17) is 4.74 Å². The summed E-state index contributed by atoms with van der Waals surface area (Å²) in [5.41, 5.74) is 3.31. The maximum atomic E-state index is 12.0. The summed E-state index contributed by atoms with van der Waals surface area (Å²) in [6.07, 6.45) is 0.342. The third-order valence-corrected chi connectivity index (χ3v) is 4.21. The first-order chi connectivity index (χ1) is 11.0. The summed E-state index contributed by atoms with van der Waals surface area (Å²) in [5, 5.41) is 2.99. The first-order valence-electron chi connectivity index (χ1n) is 7.70. The zero-order valence-electron chi connectivity index (χ0n) is 13.7. The smallest absolute Gasteiger partial charge is 0.223 e. The molecule has 4 heteroatoms. The molecule has 122 valence electrons. The molecule has 0 bridgehead atoms. The minimum Gasteiger partial charge on any atom is -0.493 e. The second kappa shape index (κ2) is 8.16. The molecule has 0 unspecified atom stereocenters. The maximum Gasteiger partial charge on any atom is 0.223 e. The van der Waals surface area contributed by atoms with Crippen molar-refractivity contribution in [3.63, 3.8) is 0 Å². The van der Waals surface area contributed by atoms with Crippen LogP contribution in [0.3, 0.4) is 0 Å². The molecule has 3 nitrogen and oxygen atoms in total. The van der Waals surface area contributed by atoms with E-state index in [9.17, 15) is 4.79 Å². The van der Waals surface area contributed by atoms with Gasteiger partial charge in [0.25, 0.3) is 0 Å². The molecule has 1 atom stereocenters. The highest BCUT2D eigenvalue weighted by molar-refractivity contribution is 9.10. The Hall–Kier alpha value is -1.81. The number of halogens is 1. The summed E-state index contributed by atoms with van der Waals surface area (Å²) in [7, 11) is 0. The second-order valence-electron chi connectivity index (χ2n) is 5.71. The van der Waals surface area contributed by atoms with Crippen molar-refractivity contribution in [1.82, 2.24) is 5.32 Å². The van der Waals surface area contributed by atoms with Crippen molar-refractivity contribution in [2.75, 3.05) is 6.61 Å². The highest BCUT2D eigenvalue weighted by Gasteiger charge is 2.10. The van der Waals surface area contributed by atoms with Crippen LogP contribution < -0.4 is 10.1 Å². The highest BCUT2D eigenvalue weighted by Crippen LogP contribution is 2.19. The normalized spacial score (nSPS) is 11.8. The molecule has 0 aliphatic heterocycles. The van der Waals surface area contributed by atoms with E-state index in [0.29, 0.717) is 13.0 Å². The molecule has 0 aliphatic rings. The highest BCUT2D eigenvalue weighted by atomic mass is 79.9. The lowest BCUT2D eigenvalue weighted by molar-refractivity contribution is -0.122. The Morgan fingerprint density at radius 1 is 1.17 bits per heavy atom. The van der Waals surface area contributed by atoms with Crippen LogP contribution in [0.1, 0.15) is 36.1 Å². The Morgan fingerprint density at radius 3 is 2.57 bits per heavy atom. The number of carbonyl (C=O) groups is 1. The van der Waals surface area contributed by atoms with E-state index in [2.05, 4.69) is 27.3 Å². The summed E-state index contributed by atoms with van der Waals surface area (Å²) in [5.74, 6) is 0.837. The van der Waals surface area contributed by atoms with Crippen LogP contribution >= 0.6 is 15.9 Å². The molecule has 0 aliphatic carbocycles. The number of benzene rings is 2. The predicted octanol–water partition coefficient (Wildman–Crippen LogP) is 4.71. The van der Waals surface area contributed by atoms with Gasteiger partial charge in [-0.15, -0.1) is 0 Å². The molecule has 23 heavy (non-hydrogen) atoms. The van der Waals surface area contributed by atoms with Crippen LogP contribution in [0.2, 0.25) is 0 Å². The number of carbonyl (C=O) groups excluding carboxylic acids is 1. The van der Waals surface area contributed by atoms with Crippen molar-refractivity contribution in [1.29, 1.82) is 0 Å². The first kappa shape index (κ1) is 17.5. The van der Waals surface area contributed by atoms with Crippen LogP contribution in [-0.4, -0.2) is 12.5 Å². The van der Waals surface area contributed by atoms with E-state index in [-0.39, 0.29) is 11.9 Å². The van der Waals surface area contributed by atoms with E-state index in [1.807, 2.05) is 57.2 Å². The Balaban J connectivity index is 1.81. The molecular formula is C19H22BrNO2. The summed E-state index contributed by atoms with van der Waals surface area (Å²) in [4.78, 5) is 12.0. The van der Waals surface area contributed by atoms with Crippen LogP contribution in [0.15, 0.2) is 46.9 Å². The summed E-state index contributed by atoms with van der Waals surface area (Å²) in [6.45, 7) is 6.39. The molecule has 0 heterocycles. The summed E-state index contributed by atoms with van der Waals surface area (Å²) >= 11 is 3.41. The number of hydrogen-bond acceptors (Lipinski definition) is 2. The quantitative estimate of drug-likeness (QED) is 0.793. The monoisotopic (exact) mass is 375 g/mol. The molecular weight excluding hydrogens is 354 g/mol. The number of aryl methyl sites for hydroxylation is 2. The number of ether oxygens (including phenoxy) is 1. The lowest BCUT2D eigenvalue weighted by atomic mass is 10.1. The van der Waals surface area contributed by atoms with Crippen LogP contribution in [0.4, 0.5) is 0 Å². The SMILES string of the molecule is Cc1ccc(C)c(OCCC(=O)N[C@@H](C)c2ccc(Br)cc2)c1. The van der Waals surface area contributed by atoms with Gasteiger partial charge in [0.1, 0.15) is 5.75 Å².